The molecular formula is C17H26N2O. The molecule has 1 fully saturated rings. The smallest absolute Gasteiger partial charge is 0.227 e. The van der Waals surface area contributed by atoms with Crippen molar-refractivity contribution in [2.45, 2.75) is 52.0 Å². The van der Waals surface area contributed by atoms with Crippen molar-refractivity contribution in [1.29, 1.82) is 0 Å². The van der Waals surface area contributed by atoms with Crippen LogP contribution in [-0.2, 0) is 11.2 Å². The molecule has 0 spiro atoms. The number of hydrogen-bond donors (Lipinski definition) is 1. The van der Waals surface area contributed by atoms with Gasteiger partial charge in [-0.15, -0.1) is 0 Å². The van der Waals surface area contributed by atoms with Crippen molar-refractivity contribution in [1.82, 2.24) is 4.90 Å². The Morgan fingerprint density at radius 2 is 2.20 bits per heavy atom. The number of nitrogens with zero attached hydrogens (tertiary/aromatic N) is 1. The summed E-state index contributed by atoms with van der Waals surface area (Å²) in [5.41, 5.74) is 9.18. The summed E-state index contributed by atoms with van der Waals surface area (Å²) in [6.45, 7) is 5.79. The molecule has 110 valence electrons. The maximum Gasteiger partial charge on any atom is 0.227 e. The van der Waals surface area contributed by atoms with E-state index < -0.39 is 0 Å². The van der Waals surface area contributed by atoms with Gasteiger partial charge in [-0.05, 0) is 57.2 Å². The number of amides is 1. The summed E-state index contributed by atoms with van der Waals surface area (Å²) in [4.78, 5) is 14.6. The van der Waals surface area contributed by atoms with Crippen molar-refractivity contribution < 1.29 is 4.79 Å². The van der Waals surface area contributed by atoms with Crippen molar-refractivity contribution in [3.8, 4) is 0 Å². The number of aryl methyl sites for hydroxylation is 2. The molecule has 0 bridgehead atoms. The van der Waals surface area contributed by atoms with Gasteiger partial charge in [0.1, 0.15) is 0 Å². The number of likely N-dealkylation sites (tertiary alicyclic amines) is 1. The molecule has 1 aliphatic rings. The minimum absolute atomic E-state index is 0.276. The summed E-state index contributed by atoms with van der Waals surface area (Å²) in [5.74, 6) is 0.276. The van der Waals surface area contributed by atoms with Gasteiger partial charge in [0, 0.05) is 12.6 Å². The molecule has 0 aromatic heterocycles. The monoisotopic (exact) mass is 274 g/mol. The molecule has 1 amide bonds. The van der Waals surface area contributed by atoms with Crippen molar-refractivity contribution in [3.63, 3.8) is 0 Å². The molecule has 3 nitrogen and oxygen atoms in total. The van der Waals surface area contributed by atoms with Gasteiger partial charge in [0.2, 0.25) is 5.91 Å². The third-order valence-corrected chi connectivity index (χ3v) is 4.29. The van der Waals surface area contributed by atoms with Gasteiger partial charge in [-0.1, -0.05) is 23.8 Å². The molecule has 0 saturated carbocycles. The fourth-order valence-corrected chi connectivity index (χ4v) is 3.07. The standard InChI is InChI=1S/C17H26N2O/c1-13-7-8-14(2)15(11-13)12-17(20)19-10-4-6-16(19)5-3-9-18/h7-8,11,16H,3-6,9-10,12,18H2,1-2H3. The summed E-state index contributed by atoms with van der Waals surface area (Å²) in [6.07, 6.45) is 4.87. The first-order valence-electron chi connectivity index (χ1n) is 7.67. The van der Waals surface area contributed by atoms with Crippen molar-refractivity contribution in [2.75, 3.05) is 13.1 Å². The predicted molar refractivity (Wildman–Crippen MR) is 82.6 cm³/mol. The summed E-state index contributed by atoms with van der Waals surface area (Å²) in [6, 6.07) is 6.76. The van der Waals surface area contributed by atoms with Crippen LogP contribution in [0.5, 0.6) is 0 Å². The van der Waals surface area contributed by atoms with E-state index in [2.05, 4.69) is 36.9 Å². The second-order valence-corrected chi connectivity index (χ2v) is 5.92. The lowest BCUT2D eigenvalue weighted by Crippen LogP contribution is -2.37. The molecule has 2 rings (SSSR count). The van der Waals surface area contributed by atoms with Crippen LogP contribution in [-0.4, -0.2) is 29.9 Å². The van der Waals surface area contributed by atoms with Gasteiger partial charge in [0.05, 0.1) is 6.42 Å². The lowest BCUT2D eigenvalue weighted by Gasteiger charge is -2.25. The van der Waals surface area contributed by atoms with E-state index in [0.717, 1.165) is 38.8 Å². The number of hydrogen-bond acceptors (Lipinski definition) is 2. The van der Waals surface area contributed by atoms with Crippen LogP contribution in [0.1, 0.15) is 42.4 Å². The van der Waals surface area contributed by atoms with E-state index in [4.69, 9.17) is 5.73 Å². The summed E-state index contributed by atoms with van der Waals surface area (Å²) < 4.78 is 0. The minimum Gasteiger partial charge on any atom is -0.339 e. The maximum atomic E-state index is 12.5. The minimum atomic E-state index is 0.276. The molecular weight excluding hydrogens is 248 g/mol. The highest BCUT2D eigenvalue weighted by Gasteiger charge is 2.28. The Balaban J connectivity index is 2.01. The Hall–Kier alpha value is -1.35. The molecule has 3 heteroatoms. The average molecular weight is 274 g/mol. The number of nitrogens with two attached hydrogens (primary N) is 1. The lowest BCUT2D eigenvalue weighted by atomic mass is 10.0. The highest BCUT2D eigenvalue weighted by atomic mass is 16.2. The van der Waals surface area contributed by atoms with Crippen LogP contribution in [0.15, 0.2) is 18.2 Å². The van der Waals surface area contributed by atoms with Crippen LogP contribution in [0.25, 0.3) is 0 Å². The van der Waals surface area contributed by atoms with Crippen LogP contribution >= 0.6 is 0 Å². The highest BCUT2D eigenvalue weighted by molar-refractivity contribution is 5.79. The molecule has 1 saturated heterocycles. The Kier molecular flexibility index (Phi) is 5.18. The Labute approximate surface area is 122 Å². The van der Waals surface area contributed by atoms with Gasteiger partial charge < -0.3 is 10.6 Å². The zero-order chi connectivity index (χ0) is 14.5. The van der Waals surface area contributed by atoms with E-state index in [0.29, 0.717) is 12.5 Å². The quantitative estimate of drug-likeness (QED) is 0.897. The van der Waals surface area contributed by atoms with Gasteiger partial charge in [0.25, 0.3) is 0 Å². The maximum absolute atomic E-state index is 12.5. The second kappa shape index (κ2) is 6.89. The SMILES string of the molecule is Cc1ccc(C)c(CC(=O)N2CCCC2CCCN)c1. The molecule has 1 aliphatic heterocycles. The van der Waals surface area contributed by atoms with Gasteiger partial charge in [-0.2, -0.15) is 0 Å². The van der Waals surface area contributed by atoms with Gasteiger partial charge in [-0.3, -0.25) is 4.79 Å². The Morgan fingerprint density at radius 3 is 2.95 bits per heavy atom. The van der Waals surface area contributed by atoms with E-state index >= 15 is 0 Å². The Morgan fingerprint density at radius 1 is 1.40 bits per heavy atom. The van der Waals surface area contributed by atoms with Crippen molar-refractivity contribution in [3.05, 3.63) is 34.9 Å². The zero-order valence-corrected chi connectivity index (χ0v) is 12.7. The first-order chi connectivity index (χ1) is 9.61. The predicted octanol–water partition coefficient (Wildman–Crippen LogP) is 2.58. The van der Waals surface area contributed by atoms with E-state index in [1.54, 1.807) is 0 Å². The molecule has 20 heavy (non-hydrogen) atoms. The molecule has 1 atom stereocenters. The third-order valence-electron chi connectivity index (χ3n) is 4.29. The van der Waals surface area contributed by atoms with Crippen LogP contribution in [0, 0.1) is 13.8 Å². The van der Waals surface area contributed by atoms with E-state index in [-0.39, 0.29) is 5.91 Å². The number of rotatable bonds is 5. The fourth-order valence-electron chi connectivity index (χ4n) is 3.07. The normalized spacial score (nSPS) is 18.6. The van der Waals surface area contributed by atoms with Crippen LogP contribution in [0.3, 0.4) is 0 Å². The lowest BCUT2D eigenvalue weighted by molar-refractivity contribution is -0.131. The highest BCUT2D eigenvalue weighted by Crippen LogP contribution is 2.23. The zero-order valence-electron chi connectivity index (χ0n) is 12.7. The summed E-state index contributed by atoms with van der Waals surface area (Å²) in [5, 5.41) is 0. The van der Waals surface area contributed by atoms with Crippen molar-refractivity contribution >= 4 is 5.91 Å². The van der Waals surface area contributed by atoms with Gasteiger partial charge in [0.15, 0.2) is 0 Å². The Bertz CT molecular complexity index is 470. The van der Waals surface area contributed by atoms with E-state index in [1.165, 1.54) is 16.7 Å². The molecule has 1 aromatic rings. The van der Waals surface area contributed by atoms with Gasteiger partial charge in [-0.25, -0.2) is 0 Å². The fraction of sp³-hybridized carbons (Fsp3) is 0.588. The summed E-state index contributed by atoms with van der Waals surface area (Å²) in [7, 11) is 0. The van der Waals surface area contributed by atoms with Gasteiger partial charge >= 0.3 is 0 Å². The number of benzene rings is 1. The first kappa shape index (κ1) is 15.0. The van der Waals surface area contributed by atoms with Crippen LogP contribution in [0.2, 0.25) is 0 Å². The first-order valence-corrected chi connectivity index (χ1v) is 7.67. The second-order valence-electron chi connectivity index (χ2n) is 5.92. The average Bonchev–Trinajstić information content (AvgIpc) is 2.89. The molecule has 1 aromatic carbocycles. The van der Waals surface area contributed by atoms with Crippen molar-refractivity contribution in [2.24, 2.45) is 5.73 Å². The number of carbonyl (C=O) groups excluding carboxylic acids is 1. The molecule has 0 radical (unpaired) electrons. The van der Waals surface area contributed by atoms with E-state index in [1.807, 2.05) is 0 Å². The molecule has 0 aliphatic carbocycles. The molecule has 1 unspecified atom stereocenters. The largest absolute Gasteiger partial charge is 0.339 e. The topological polar surface area (TPSA) is 46.3 Å². The van der Waals surface area contributed by atoms with E-state index in [9.17, 15) is 4.79 Å². The van der Waals surface area contributed by atoms with Crippen LogP contribution < -0.4 is 5.73 Å². The summed E-state index contributed by atoms with van der Waals surface area (Å²) >= 11 is 0. The third kappa shape index (κ3) is 3.60. The molecule has 2 N–H and O–H groups in total. The number of carbonyl (C=O) groups is 1. The van der Waals surface area contributed by atoms with Crippen LogP contribution in [0.4, 0.5) is 0 Å². The molecule has 1 heterocycles.